The fraction of sp³-hybridized carbons (Fsp3) is 0.429. The van der Waals surface area contributed by atoms with E-state index in [1.165, 1.54) is 0 Å². The van der Waals surface area contributed by atoms with Crippen LogP contribution >= 0.6 is 0 Å². The second kappa shape index (κ2) is 6.99. The van der Waals surface area contributed by atoms with Crippen LogP contribution in [0.25, 0.3) is 0 Å². The first kappa shape index (κ1) is 18.8. The van der Waals surface area contributed by atoms with E-state index in [0.717, 1.165) is 29.7 Å². The van der Waals surface area contributed by atoms with E-state index in [0.29, 0.717) is 11.3 Å². The van der Waals surface area contributed by atoms with Crippen LogP contribution in [-0.4, -0.2) is 18.2 Å². The summed E-state index contributed by atoms with van der Waals surface area (Å²) in [5.74, 6) is 0.0718. The molecule has 3 rings (SSSR count). The van der Waals surface area contributed by atoms with Crippen LogP contribution < -0.4 is 10.5 Å². The molecule has 1 atom stereocenters. The largest absolute Gasteiger partial charge is 0.488 e. The minimum Gasteiger partial charge on any atom is -0.488 e. The number of nitrogens with two attached hydrogens (primary N) is 1. The van der Waals surface area contributed by atoms with Crippen molar-refractivity contribution < 1.29 is 19.0 Å². The molecule has 0 aliphatic carbocycles. The molecule has 2 aliphatic heterocycles. The zero-order valence-corrected chi connectivity index (χ0v) is 16.1. The highest BCUT2D eigenvalue weighted by molar-refractivity contribution is 5.92. The molecule has 0 spiro atoms. The Labute approximate surface area is 159 Å². The number of rotatable bonds is 3. The third-order valence-electron chi connectivity index (χ3n) is 4.90. The van der Waals surface area contributed by atoms with Crippen molar-refractivity contribution in [3.63, 3.8) is 0 Å². The average Bonchev–Trinajstić information content (AvgIpc) is 2.60. The van der Waals surface area contributed by atoms with Gasteiger partial charge in [0.05, 0.1) is 18.1 Å². The van der Waals surface area contributed by atoms with E-state index in [2.05, 4.69) is 19.9 Å². The minimum atomic E-state index is -0.622. The van der Waals surface area contributed by atoms with Crippen molar-refractivity contribution in [3.8, 4) is 11.8 Å². The topological polar surface area (TPSA) is 94.6 Å². The van der Waals surface area contributed by atoms with Crippen LogP contribution in [0.5, 0.6) is 5.75 Å². The number of allylic oxidation sites excluding steroid dienone is 2. The summed E-state index contributed by atoms with van der Waals surface area (Å²) in [5, 5.41) is 9.65. The molecule has 27 heavy (non-hydrogen) atoms. The van der Waals surface area contributed by atoms with Crippen LogP contribution in [0.1, 0.15) is 51.2 Å². The van der Waals surface area contributed by atoms with Crippen molar-refractivity contribution >= 4 is 5.97 Å². The maximum Gasteiger partial charge on any atom is 0.338 e. The van der Waals surface area contributed by atoms with Gasteiger partial charge in [0.2, 0.25) is 5.88 Å². The van der Waals surface area contributed by atoms with Crippen LogP contribution in [0, 0.1) is 11.3 Å². The molecule has 142 valence electrons. The van der Waals surface area contributed by atoms with Gasteiger partial charge in [0.1, 0.15) is 28.8 Å². The van der Waals surface area contributed by atoms with Crippen LogP contribution in [0.3, 0.4) is 0 Å². The predicted molar refractivity (Wildman–Crippen MR) is 99.5 cm³/mol. The molecular weight excluding hydrogens is 344 g/mol. The highest BCUT2D eigenvalue weighted by Crippen LogP contribution is 2.42. The van der Waals surface area contributed by atoms with Gasteiger partial charge in [0.25, 0.3) is 0 Å². The number of aryl methyl sites for hydroxylation is 1. The molecule has 0 saturated carbocycles. The first-order valence-corrected chi connectivity index (χ1v) is 9.04. The Hall–Kier alpha value is -2.94. The number of benzene rings is 1. The molecule has 6 heteroatoms. The molecule has 1 unspecified atom stereocenters. The molecule has 0 radical (unpaired) electrons. The molecule has 1 aromatic carbocycles. The Bertz CT molecular complexity index is 890. The Kier molecular flexibility index (Phi) is 4.88. The predicted octanol–water partition coefficient (Wildman–Crippen LogP) is 3.43. The maximum atomic E-state index is 12.6. The van der Waals surface area contributed by atoms with Gasteiger partial charge in [0, 0.05) is 0 Å². The normalized spacial score (nSPS) is 20.9. The first-order valence-electron chi connectivity index (χ1n) is 9.04. The number of carbonyl (C=O) groups is 1. The van der Waals surface area contributed by atoms with Crippen molar-refractivity contribution in [3.05, 3.63) is 52.1 Å². The number of carbonyl (C=O) groups excluding carboxylic acids is 1. The Morgan fingerprint density at radius 3 is 2.85 bits per heavy atom. The Morgan fingerprint density at radius 2 is 2.19 bits per heavy atom. The molecule has 0 fully saturated rings. The smallest absolute Gasteiger partial charge is 0.338 e. The van der Waals surface area contributed by atoms with Crippen LogP contribution in [0.2, 0.25) is 0 Å². The molecule has 0 amide bonds. The van der Waals surface area contributed by atoms with Gasteiger partial charge in [-0.1, -0.05) is 12.1 Å². The third-order valence-corrected chi connectivity index (χ3v) is 4.90. The number of fused-ring (bicyclic) bond motifs is 1. The summed E-state index contributed by atoms with van der Waals surface area (Å²) in [5.41, 5.74) is 8.09. The molecule has 2 aliphatic rings. The summed E-state index contributed by atoms with van der Waals surface area (Å²) in [4.78, 5) is 12.6. The molecule has 2 N–H and O–H groups in total. The van der Waals surface area contributed by atoms with Gasteiger partial charge in [-0.3, -0.25) is 0 Å². The molecule has 1 aromatic rings. The molecule has 6 nitrogen and oxygen atoms in total. The monoisotopic (exact) mass is 368 g/mol. The summed E-state index contributed by atoms with van der Waals surface area (Å²) in [6, 6.07) is 7.84. The van der Waals surface area contributed by atoms with E-state index < -0.39 is 11.9 Å². The highest BCUT2D eigenvalue weighted by Gasteiger charge is 2.37. The standard InChI is InChI=1S/C21H24N2O4/c1-5-25-20(24)17-12(2)26-19(23)15(11-22)18(17)14-6-7-16-13(10-14)8-9-21(3,4)27-16/h6-7,10,18H,5,8-9,23H2,1-4H3. The number of esters is 1. The van der Waals surface area contributed by atoms with E-state index in [9.17, 15) is 10.1 Å². The van der Waals surface area contributed by atoms with Crippen molar-refractivity contribution in [1.29, 1.82) is 5.26 Å². The van der Waals surface area contributed by atoms with Crippen LogP contribution in [0.4, 0.5) is 0 Å². The summed E-state index contributed by atoms with van der Waals surface area (Å²) < 4.78 is 16.7. The van der Waals surface area contributed by atoms with Gasteiger partial charge in [-0.05, 0) is 57.7 Å². The van der Waals surface area contributed by atoms with Gasteiger partial charge in [-0.25, -0.2) is 4.79 Å². The summed E-state index contributed by atoms with van der Waals surface area (Å²) in [6.45, 7) is 7.75. The van der Waals surface area contributed by atoms with Gasteiger partial charge < -0.3 is 19.9 Å². The van der Waals surface area contributed by atoms with Crippen molar-refractivity contribution in [2.24, 2.45) is 5.73 Å². The van der Waals surface area contributed by atoms with Crippen LogP contribution in [0.15, 0.2) is 41.0 Å². The van der Waals surface area contributed by atoms with E-state index >= 15 is 0 Å². The quantitative estimate of drug-likeness (QED) is 0.821. The fourth-order valence-electron chi connectivity index (χ4n) is 3.55. The summed E-state index contributed by atoms with van der Waals surface area (Å²) in [6.07, 6.45) is 1.75. The van der Waals surface area contributed by atoms with Crippen molar-refractivity contribution in [1.82, 2.24) is 0 Å². The lowest BCUT2D eigenvalue weighted by molar-refractivity contribution is -0.139. The lowest BCUT2D eigenvalue weighted by Crippen LogP contribution is -2.32. The van der Waals surface area contributed by atoms with Gasteiger partial charge >= 0.3 is 5.97 Å². The molecule has 0 bridgehead atoms. The zero-order chi connectivity index (χ0) is 19.8. The van der Waals surface area contributed by atoms with Gasteiger partial charge in [0.15, 0.2) is 0 Å². The summed E-state index contributed by atoms with van der Waals surface area (Å²) >= 11 is 0. The lowest BCUT2D eigenvalue weighted by atomic mass is 9.81. The molecule has 2 heterocycles. The second-order valence-electron chi connectivity index (χ2n) is 7.34. The SMILES string of the molecule is CCOC(=O)C1=C(C)OC(N)=C(C#N)C1c1ccc2c(c1)CCC(C)(C)O2. The van der Waals surface area contributed by atoms with Gasteiger partial charge in [-0.2, -0.15) is 5.26 Å². The highest BCUT2D eigenvalue weighted by atomic mass is 16.5. The van der Waals surface area contributed by atoms with Crippen molar-refractivity contribution in [2.45, 2.75) is 52.1 Å². The first-order chi connectivity index (χ1) is 12.8. The Morgan fingerprint density at radius 1 is 1.44 bits per heavy atom. The molecule has 0 aromatic heterocycles. The van der Waals surface area contributed by atoms with Crippen molar-refractivity contribution in [2.75, 3.05) is 6.61 Å². The number of hydrogen-bond acceptors (Lipinski definition) is 6. The second-order valence-corrected chi connectivity index (χ2v) is 7.34. The number of hydrogen-bond donors (Lipinski definition) is 1. The van der Waals surface area contributed by atoms with Crippen LogP contribution in [-0.2, 0) is 20.7 Å². The molecule has 0 saturated heterocycles. The number of nitriles is 1. The molecular formula is C21H24N2O4. The Balaban J connectivity index is 2.09. The van der Waals surface area contributed by atoms with Gasteiger partial charge in [-0.15, -0.1) is 0 Å². The maximum absolute atomic E-state index is 12.6. The lowest BCUT2D eigenvalue weighted by Gasteiger charge is -2.33. The average molecular weight is 368 g/mol. The summed E-state index contributed by atoms with van der Waals surface area (Å²) in [7, 11) is 0. The number of ether oxygens (including phenoxy) is 3. The van der Waals surface area contributed by atoms with E-state index in [4.69, 9.17) is 19.9 Å². The van der Waals surface area contributed by atoms with E-state index in [-0.39, 0.29) is 23.7 Å². The van der Waals surface area contributed by atoms with E-state index in [1.54, 1.807) is 13.8 Å². The third kappa shape index (κ3) is 3.50. The fourth-order valence-corrected chi connectivity index (χ4v) is 3.55. The van der Waals surface area contributed by atoms with E-state index in [1.807, 2.05) is 18.2 Å². The zero-order valence-electron chi connectivity index (χ0n) is 16.1. The minimum absolute atomic E-state index is 0.0168. The number of nitrogens with zero attached hydrogens (tertiary/aromatic N) is 1.